The van der Waals surface area contributed by atoms with Crippen LogP contribution in [0.5, 0.6) is 5.75 Å². The molecule has 0 fully saturated rings. The van der Waals surface area contributed by atoms with Crippen molar-refractivity contribution in [3.63, 3.8) is 0 Å². The van der Waals surface area contributed by atoms with E-state index in [1.807, 2.05) is 30.3 Å². The number of fused-ring (bicyclic) bond motifs is 1. The summed E-state index contributed by atoms with van der Waals surface area (Å²) in [4.78, 5) is 11.5. The number of nitrogens with one attached hydrogen (secondary N) is 3. The van der Waals surface area contributed by atoms with Gasteiger partial charge in [-0.05, 0) is 55.6 Å². The van der Waals surface area contributed by atoms with Gasteiger partial charge in [-0.25, -0.2) is 8.42 Å². The van der Waals surface area contributed by atoms with Gasteiger partial charge in [0.05, 0.1) is 6.26 Å². The lowest BCUT2D eigenvalue weighted by Gasteiger charge is -2.20. The standard InChI is InChI=1S/C21H27N3O4S/c1-29(26,27)24-17-9-7-16(8-10-17)4-3-13-22-14-15-28-20-6-2-5-19-18(20)11-12-21(25)23-19/h2,5-10,22,24H,3-4,11-15H2,1H3,(H,23,25). The van der Waals surface area contributed by atoms with E-state index >= 15 is 0 Å². The van der Waals surface area contributed by atoms with Crippen LogP contribution in [0, 0.1) is 0 Å². The molecule has 0 unspecified atom stereocenters. The van der Waals surface area contributed by atoms with Gasteiger partial charge in [0.15, 0.2) is 0 Å². The number of carbonyl (C=O) groups is 1. The Balaban J connectivity index is 1.33. The minimum Gasteiger partial charge on any atom is -0.492 e. The topological polar surface area (TPSA) is 96.5 Å². The summed E-state index contributed by atoms with van der Waals surface area (Å²) in [6.07, 6.45) is 4.24. The van der Waals surface area contributed by atoms with E-state index in [2.05, 4.69) is 15.4 Å². The zero-order valence-electron chi connectivity index (χ0n) is 16.5. The molecule has 156 valence electrons. The Morgan fingerprint density at radius 3 is 2.62 bits per heavy atom. The van der Waals surface area contributed by atoms with Crippen LogP contribution >= 0.6 is 0 Å². The maximum absolute atomic E-state index is 11.5. The highest BCUT2D eigenvalue weighted by Crippen LogP contribution is 2.30. The Morgan fingerprint density at radius 2 is 1.86 bits per heavy atom. The van der Waals surface area contributed by atoms with Gasteiger partial charge in [0.1, 0.15) is 12.4 Å². The summed E-state index contributed by atoms with van der Waals surface area (Å²) in [7, 11) is -3.24. The van der Waals surface area contributed by atoms with Gasteiger partial charge < -0.3 is 15.4 Å². The molecule has 0 spiro atoms. The normalized spacial score (nSPS) is 13.5. The zero-order chi connectivity index (χ0) is 20.7. The molecule has 0 aliphatic carbocycles. The number of hydrogen-bond acceptors (Lipinski definition) is 5. The Morgan fingerprint density at radius 1 is 1.07 bits per heavy atom. The predicted molar refractivity (Wildman–Crippen MR) is 115 cm³/mol. The van der Waals surface area contributed by atoms with Crippen molar-refractivity contribution in [3.8, 4) is 5.75 Å². The quantitative estimate of drug-likeness (QED) is 0.516. The molecule has 3 N–H and O–H groups in total. The molecule has 3 rings (SSSR count). The van der Waals surface area contributed by atoms with Crippen molar-refractivity contribution >= 4 is 27.3 Å². The van der Waals surface area contributed by atoms with E-state index < -0.39 is 10.0 Å². The van der Waals surface area contributed by atoms with Crippen LogP contribution in [0.2, 0.25) is 0 Å². The Hall–Kier alpha value is -2.58. The molecule has 8 heteroatoms. The van der Waals surface area contributed by atoms with E-state index in [1.54, 1.807) is 12.1 Å². The van der Waals surface area contributed by atoms with Crippen LogP contribution in [-0.2, 0) is 27.7 Å². The third kappa shape index (κ3) is 6.76. The fourth-order valence-corrected chi connectivity index (χ4v) is 3.82. The Kier molecular flexibility index (Phi) is 7.11. The van der Waals surface area contributed by atoms with Crippen LogP contribution in [0.25, 0.3) is 0 Å². The highest BCUT2D eigenvalue weighted by Gasteiger charge is 2.18. The molecule has 1 amide bonds. The average Bonchev–Trinajstić information content (AvgIpc) is 2.67. The largest absolute Gasteiger partial charge is 0.492 e. The molecular weight excluding hydrogens is 390 g/mol. The number of aryl methyl sites for hydroxylation is 1. The first kappa shape index (κ1) is 21.1. The second kappa shape index (κ2) is 9.76. The first-order valence-corrected chi connectivity index (χ1v) is 11.6. The number of benzene rings is 2. The van der Waals surface area contributed by atoms with Crippen LogP contribution in [0.1, 0.15) is 24.0 Å². The first-order valence-electron chi connectivity index (χ1n) is 9.73. The molecule has 1 aliphatic heterocycles. The first-order chi connectivity index (χ1) is 13.9. The summed E-state index contributed by atoms with van der Waals surface area (Å²) in [5, 5.41) is 6.25. The van der Waals surface area contributed by atoms with Crippen molar-refractivity contribution < 1.29 is 17.9 Å². The smallest absolute Gasteiger partial charge is 0.229 e. The maximum Gasteiger partial charge on any atom is 0.229 e. The number of carbonyl (C=O) groups excluding carboxylic acids is 1. The van der Waals surface area contributed by atoms with E-state index in [9.17, 15) is 13.2 Å². The van der Waals surface area contributed by atoms with Crippen LogP contribution < -0.4 is 20.1 Å². The second-order valence-electron chi connectivity index (χ2n) is 7.10. The number of anilines is 2. The van der Waals surface area contributed by atoms with Crippen LogP contribution in [0.3, 0.4) is 0 Å². The number of sulfonamides is 1. The van der Waals surface area contributed by atoms with Gasteiger partial charge in [0.25, 0.3) is 0 Å². The van der Waals surface area contributed by atoms with Crippen molar-refractivity contribution in [2.45, 2.75) is 25.7 Å². The molecule has 0 saturated carbocycles. The van der Waals surface area contributed by atoms with E-state index in [-0.39, 0.29) is 5.91 Å². The fourth-order valence-electron chi connectivity index (χ4n) is 3.26. The molecule has 0 atom stereocenters. The molecule has 1 heterocycles. The molecule has 29 heavy (non-hydrogen) atoms. The van der Waals surface area contributed by atoms with Gasteiger partial charge in [-0.2, -0.15) is 0 Å². The van der Waals surface area contributed by atoms with E-state index in [0.717, 1.165) is 49.2 Å². The molecule has 1 aliphatic rings. The van der Waals surface area contributed by atoms with Crippen LogP contribution in [0.15, 0.2) is 42.5 Å². The monoisotopic (exact) mass is 417 g/mol. The average molecular weight is 418 g/mol. The summed E-state index contributed by atoms with van der Waals surface area (Å²) in [5.41, 5.74) is 3.67. The summed E-state index contributed by atoms with van der Waals surface area (Å²) in [6, 6.07) is 13.2. The van der Waals surface area contributed by atoms with Gasteiger partial charge in [-0.15, -0.1) is 0 Å². The predicted octanol–water partition coefficient (Wildman–Crippen LogP) is 2.54. The highest BCUT2D eigenvalue weighted by atomic mass is 32.2. The molecule has 0 bridgehead atoms. The van der Waals surface area contributed by atoms with Crippen molar-refractivity contribution in [1.29, 1.82) is 0 Å². The van der Waals surface area contributed by atoms with E-state index in [4.69, 9.17) is 4.74 Å². The van der Waals surface area contributed by atoms with E-state index in [0.29, 0.717) is 25.1 Å². The number of amides is 1. The molecule has 2 aromatic rings. The van der Waals surface area contributed by atoms with Gasteiger partial charge in [-0.1, -0.05) is 18.2 Å². The van der Waals surface area contributed by atoms with Crippen LogP contribution in [-0.4, -0.2) is 40.3 Å². The minimum atomic E-state index is -3.24. The van der Waals surface area contributed by atoms with Crippen molar-refractivity contribution in [1.82, 2.24) is 5.32 Å². The van der Waals surface area contributed by atoms with E-state index in [1.165, 1.54) is 5.56 Å². The SMILES string of the molecule is CS(=O)(=O)Nc1ccc(CCCNCCOc2cccc3c2CCC(=O)N3)cc1. The highest BCUT2D eigenvalue weighted by molar-refractivity contribution is 7.92. The molecule has 0 aromatic heterocycles. The van der Waals surface area contributed by atoms with Crippen LogP contribution in [0.4, 0.5) is 11.4 Å². The van der Waals surface area contributed by atoms with Crippen molar-refractivity contribution in [2.75, 3.05) is 36.0 Å². The number of hydrogen-bond donors (Lipinski definition) is 3. The zero-order valence-corrected chi connectivity index (χ0v) is 17.3. The summed E-state index contributed by atoms with van der Waals surface area (Å²) in [5.74, 6) is 0.893. The van der Waals surface area contributed by atoms with Gasteiger partial charge in [0.2, 0.25) is 15.9 Å². The third-order valence-electron chi connectivity index (χ3n) is 4.62. The maximum atomic E-state index is 11.5. The fraction of sp³-hybridized carbons (Fsp3) is 0.381. The van der Waals surface area contributed by atoms with Crippen molar-refractivity contribution in [3.05, 3.63) is 53.6 Å². The number of rotatable bonds is 10. The summed E-state index contributed by atoms with van der Waals surface area (Å²) >= 11 is 0. The lowest BCUT2D eigenvalue weighted by Crippen LogP contribution is -2.23. The second-order valence-corrected chi connectivity index (χ2v) is 8.85. The molecule has 7 nitrogen and oxygen atoms in total. The summed E-state index contributed by atoms with van der Waals surface area (Å²) in [6.45, 7) is 2.18. The third-order valence-corrected chi connectivity index (χ3v) is 5.23. The molecule has 0 radical (unpaired) electrons. The Labute approximate surface area is 171 Å². The van der Waals surface area contributed by atoms with Crippen molar-refractivity contribution in [2.24, 2.45) is 0 Å². The van der Waals surface area contributed by atoms with Gasteiger partial charge in [-0.3, -0.25) is 9.52 Å². The number of ether oxygens (including phenoxy) is 1. The lowest BCUT2D eigenvalue weighted by atomic mass is 10.0. The van der Waals surface area contributed by atoms with Gasteiger partial charge >= 0.3 is 0 Å². The summed E-state index contributed by atoms with van der Waals surface area (Å²) < 4.78 is 30.8. The molecule has 2 aromatic carbocycles. The van der Waals surface area contributed by atoms with Gasteiger partial charge in [0, 0.05) is 29.9 Å². The molecular formula is C21H27N3O4S. The molecule has 0 saturated heterocycles. The lowest BCUT2D eigenvalue weighted by molar-refractivity contribution is -0.116. The Bertz CT molecular complexity index is 943. The minimum absolute atomic E-state index is 0.0533.